The smallest absolute Gasteiger partial charge is 0.303 e. The summed E-state index contributed by atoms with van der Waals surface area (Å²) in [5.74, 6) is -5.51. The van der Waals surface area contributed by atoms with Crippen LogP contribution in [0.25, 0.3) is 0 Å². The van der Waals surface area contributed by atoms with Gasteiger partial charge in [-0.05, 0) is 6.07 Å². The number of hydrogen-bond donors (Lipinski definition) is 0. The summed E-state index contributed by atoms with van der Waals surface area (Å²) in [7, 11) is 0. The molecule has 0 bridgehead atoms. The highest BCUT2D eigenvalue weighted by Crippen LogP contribution is 2.16. The lowest BCUT2D eigenvalue weighted by Gasteiger charge is -2.06. The first-order chi connectivity index (χ1) is 6.41. The Hall–Kier alpha value is -1.52. The largest absolute Gasteiger partial charge is 0.472 e. The maximum atomic E-state index is 12.4. The summed E-state index contributed by atoms with van der Waals surface area (Å²) in [4.78, 5) is 21.9. The van der Waals surface area contributed by atoms with E-state index >= 15 is 0 Å². The molecular weight excluding hydrogens is 194 g/mol. The molecule has 0 aliphatic rings. The monoisotopic (exact) mass is 202 g/mol. The predicted octanol–water partition coefficient (Wildman–Crippen LogP) is 2.08. The van der Waals surface area contributed by atoms with Crippen molar-refractivity contribution in [3.05, 3.63) is 24.2 Å². The molecule has 0 fully saturated rings. The Morgan fingerprint density at radius 3 is 2.57 bits per heavy atom. The van der Waals surface area contributed by atoms with Gasteiger partial charge in [0, 0.05) is 6.92 Å². The average Bonchev–Trinajstić information content (AvgIpc) is 2.53. The fraction of sp³-hybridized carbons (Fsp3) is 0.333. The van der Waals surface area contributed by atoms with Gasteiger partial charge in [-0.25, -0.2) is 0 Å². The second-order valence-electron chi connectivity index (χ2n) is 2.92. The summed E-state index contributed by atoms with van der Waals surface area (Å²) in [6.07, 6.45) is 1.55. The van der Waals surface area contributed by atoms with E-state index in [1.165, 1.54) is 12.3 Å². The van der Waals surface area contributed by atoms with Crippen molar-refractivity contribution in [2.45, 2.75) is 19.3 Å². The Balaban J connectivity index is 2.63. The zero-order chi connectivity index (χ0) is 10.8. The van der Waals surface area contributed by atoms with Gasteiger partial charge in [0.1, 0.15) is 6.26 Å². The van der Waals surface area contributed by atoms with Crippen molar-refractivity contribution >= 4 is 11.6 Å². The summed E-state index contributed by atoms with van der Waals surface area (Å²) in [6.45, 7) is 0.470. The van der Waals surface area contributed by atoms with Crippen LogP contribution >= 0.6 is 0 Å². The van der Waals surface area contributed by atoms with E-state index in [2.05, 4.69) is 4.42 Å². The second kappa shape index (κ2) is 3.69. The normalized spacial score (nSPS) is 11.4. The van der Waals surface area contributed by atoms with Crippen LogP contribution in [0.15, 0.2) is 23.0 Å². The predicted molar refractivity (Wildman–Crippen MR) is 43.3 cm³/mol. The fourth-order valence-electron chi connectivity index (χ4n) is 0.826. The number of carbonyl (C=O) groups is 2. The SMILES string of the molecule is CC(F)(F)C(=O)CC(=O)c1ccoc1. The number of Topliss-reactive ketones (excluding diaryl/α,β-unsaturated/α-hetero) is 2. The molecule has 0 aliphatic carbocycles. The molecule has 5 heteroatoms. The van der Waals surface area contributed by atoms with Crippen molar-refractivity contribution < 1.29 is 22.8 Å². The van der Waals surface area contributed by atoms with E-state index in [4.69, 9.17) is 0 Å². The zero-order valence-electron chi connectivity index (χ0n) is 7.42. The third kappa shape index (κ3) is 2.48. The molecule has 1 aromatic rings. The minimum absolute atomic E-state index is 0.127. The van der Waals surface area contributed by atoms with E-state index in [1.807, 2.05) is 0 Å². The number of furan rings is 1. The quantitative estimate of drug-likeness (QED) is 0.554. The molecule has 76 valence electrons. The van der Waals surface area contributed by atoms with Crippen molar-refractivity contribution in [2.24, 2.45) is 0 Å². The molecule has 0 atom stereocenters. The lowest BCUT2D eigenvalue weighted by Crippen LogP contribution is -2.26. The third-order valence-electron chi connectivity index (χ3n) is 1.65. The summed E-state index contributed by atoms with van der Waals surface area (Å²) in [5.41, 5.74) is 0.127. The van der Waals surface area contributed by atoms with Crippen molar-refractivity contribution in [3.63, 3.8) is 0 Å². The molecule has 0 aliphatic heterocycles. The summed E-state index contributed by atoms with van der Waals surface area (Å²) in [5, 5.41) is 0. The van der Waals surface area contributed by atoms with Gasteiger partial charge >= 0.3 is 5.92 Å². The molecule has 0 spiro atoms. The maximum Gasteiger partial charge on any atom is 0.303 e. The van der Waals surface area contributed by atoms with Crippen LogP contribution in [0.5, 0.6) is 0 Å². The van der Waals surface area contributed by atoms with E-state index in [-0.39, 0.29) is 5.56 Å². The lowest BCUT2D eigenvalue weighted by molar-refractivity contribution is -0.139. The number of rotatable bonds is 4. The summed E-state index contributed by atoms with van der Waals surface area (Å²) >= 11 is 0. The summed E-state index contributed by atoms with van der Waals surface area (Å²) in [6, 6.07) is 1.32. The minimum atomic E-state index is -3.46. The summed E-state index contributed by atoms with van der Waals surface area (Å²) < 4.78 is 29.4. The molecule has 0 saturated heterocycles. The molecule has 0 saturated carbocycles. The standard InChI is InChI=1S/C9H8F2O3/c1-9(10,11)8(13)4-7(12)6-2-3-14-5-6/h2-3,5H,4H2,1H3. The molecule has 1 heterocycles. The van der Waals surface area contributed by atoms with E-state index in [0.717, 1.165) is 6.26 Å². The molecule has 0 radical (unpaired) electrons. The van der Waals surface area contributed by atoms with Gasteiger partial charge < -0.3 is 4.42 Å². The van der Waals surface area contributed by atoms with Crippen LogP contribution in [0, 0.1) is 0 Å². The van der Waals surface area contributed by atoms with Crippen molar-refractivity contribution in [1.29, 1.82) is 0 Å². The Morgan fingerprint density at radius 1 is 1.50 bits per heavy atom. The van der Waals surface area contributed by atoms with Gasteiger partial charge in [0.15, 0.2) is 5.78 Å². The Labute approximate surface area is 78.7 Å². The lowest BCUT2D eigenvalue weighted by atomic mass is 10.1. The Morgan fingerprint density at radius 2 is 2.14 bits per heavy atom. The van der Waals surface area contributed by atoms with Crippen molar-refractivity contribution in [2.75, 3.05) is 0 Å². The van der Waals surface area contributed by atoms with Crippen LogP contribution in [0.1, 0.15) is 23.7 Å². The van der Waals surface area contributed by atoms with Gasteiger partial charge in [-0.2, -0.15) is 8.78 Å². The zero-order valence-corrected chi connectivity index (χ0v) is 7.42. The number of ketones is 2. The first-order valence-corrected chi connectivity index (χ1v) is 3.88. The van der Waals surface area contributed by atoms with Gasteiger partial charge in [0.25, 0.3) is 0 Å². The van der Waals surface area contributed by atoms with Gasteiger partial charge in [-0.3, -0.25) is 9.59 Å². The topological polar surface area (TPSA) is 47.3 Å². The van der Waals surface area contributed by atoms with E-state index in [0.29, 0.717) is 6.92 Å². The highest BCUT2D eigenvalue weighted by atomic mass is 19.3. The van der Waals surface area contributed by atoms with E-state index < -0.39 is 23.9 Å². The molecule has 1 rings (SSSR count). The number of hydrogen-bond acceptors (Lipinski definition) is 3. The van der Waals surface area contributed by atoms with E-state index in [1.54, 1.807) is 0 Å². The van der Waals surface area contributed by atoms with Crippen LogP contribution in [0.4, 0.5) is 8.78 Å². The Bertz CT molecular complexity index is 335. The average molecular weight is 202 g/mol. The Kier molecular flexibility index (Phi) is 2.78. The molecule has 3 nitrogen and oxygen atoms in total. The maximum absolute atomic E-state index is 12.4. The first kappa shape index (κ1) is 10.6. The highest BCUT2D eigenvalue weighted by Gasteiger charge is 2.33. The molecule has 0 N–H and O–H groups in total. The minimum Gasteiger partial charge on any atom is -0.472 e. The molecule has 0 unspecified atom stereocenters. The third-order valence-corrected chi connectivity index (χ3v) is 1.65. The van der Waals surface area contributed by atoms with Crippen molar-refractivity contribution in [1.82, 2.24) is 0 Å². The fourth-order valence-corrected chi connectivity index (χ4v) is 0.826. The van der Waals surface area contributed by atoms with E-state index in [9.17, 15) is 18.4 Å². The number of carbonyl (C=O) groups excluding carboxylic acids is 2. The molecular formula is C9H8F2O3. The number of alkyl halides is 2. The van der Waals surface area contributed by atoms with Gasteiger partial charge in [0.2, 0.25) is 5.78 Å². The molecule has 0 amide bonds. The first-order valence-electron chi connectivity index (χ1n) is 3.88. The number of halogens is 2. The molecule has 14 heavy (non-hydrogen) atoms. The van der Waals surface area contributed by atoms with Crippen LogP contribution in [0.2, 0.25) is 0 Å². The van der Waals surface area contributed by atoms with Crippen LogP contribution in [-0.4, -0.2) is 17.5 Å². The van der Waals surface area contributed by atoms with Gasteiger partial charge in [0.05, 0.1) is 18.2 Å². The highest BCUT2D eigenvalue weighted by molar-refractivity contribution is 6.09. The van der Waals surface area contributed by atoms with Gasteiger partial charge in [-0.1, -0.05) is 0 Å². The van der Waals surface area contributed by atoms with Crippen LogP contribution < -0.4 is 0 Å². The van der Waals surface area contributed by atoms with Gasteiger partial charge in [-0.15, -0.1) is 0 Å². The molecule has 0 aromatic carbocycles. The second-order valence-corrected chi connectivity index (χ2v) is 2.92. The van der Waals surface area contributed by atoms with Crippen molar-refractivity contribution in [3.8, 4) is 0 Å². The van der Waals surface area contributed by atoms with Crippen LogP contribution in [0.3, 0.4) is 0 Å². The van der Waals surface area contributed by atoms with Crippen LogP contribution in [-0.2, 0) is 4.79 Å². The molecule has 1 aromatic heterocycles.